The van der Waals surface area contributed by atoms with E-state index in [1.54, 1.807) is 31.6 Å². The molecule has 2 saturated heterocycles. The Balaban J connectivity index is 1.53. The van der Waals surface area contributed by atoms with Crippen LogP contribution in [0.1, 0.15) is 11.3 Å². The third-order valence-electron chi connectivity index (χ3n) is 5.42. The highest BCUT2D eigenvalue weighted by atomic mass is 32.2. The van der Waals surface area contributed by atoms with Crippen molar-refractivity contribution >= 4 is 40.0 Å². The van der Waals surface area contributed by atoms with Gasteiger partial charge in [-0.15, -0.1) is 0 Å². The van der Waals surface area contributed by atoms with E-state index in [1.807, 2.05) is 6.07 Å². The van der Waals surface area contributed by atoms with Crippen LogP contribution in [0.15, 0.2) is 46.0 Å². The summed E-state index contributed by atoms with van der Waals surface area (Å²) in [5, 5.41) is 2.66. The van der Waals surface area contributed by atoms with E-state index in [2.05, 4.69) is 27.3 Å². The Kier molecular flexibility index (Phi) is 5.69. The average molecular weight is 452 g/mol. The quantitative estimate of drug-likeness (QED) is 0.588. The number of carbonyl (C=O) groups excluding carboxylic acids is 2. The van der Waals surface area contributed by atoms with Crippen LogP contribution in [0.25, 0.3) is 28.2 Å². The normalized spacial score (nSPS) is 18.5. The molecule has 0 radical (unpaired) electrons. The zero-order valence-electron chi connectivity index (χ0n) is 17.4. The molecule has 2 fully saturated rings. The van der Waals surface area contributed by atoms with E-state index in [0.29, 0.717) is 16.2 Å². The Labute approximate surface area is 188 Å². The Morgan fingerprint density at radius 1 is 1.19 bits per heavy atom. The summed E-state index contributed by atoms with van der Waals surface area (Å²) in [7, 11) is 1.64. The van der Waals surface area contributed by atoms with E-state index >= 15 is 0 Å². The second-order valence-electron chi connectivity index (χ2n) is 7.53. The number of furan rings is 1. The van der Waals surface area contributed by atoms with Crippen LogP contribution in [0.3, 0.4) is 0 Å². The zero-order chi connectivity index (χ0) is 22.1. The molecule has 0 saturated carbocycles. The van der Waals surface area contributed by atoms with E-state index in [-0.39, 0.29) is 5.24 Å². The Morgan fingerprint density at radius 2 is 2.03 bits per heavy atom. The van der Waals surface area contributed by atoms with Crippen LogP contribution in [0.5, 0.6) is 5.75 Å². The highest BCUT2D eigenvalue weighted by molar-refractivity contribution is 8.18. The highest BCUT2D eigenvalue weighted by Gasteiger charge is 2.26. The van der Waals surface area contributed by atoms with Crippen LogP contribution in [0.2, 0.25) is 0 Å². The number of morpholine rings is 1. The summed E-state index contributed by atoms with van der Waals surface area (Å²) in [6.45, 7) is 4.13. The van der Waals surface area contributed by atoms with Crippen LogP contribution < -0.4 is 10.1 Å². The van der Waals surface area contributed by atoms with E-state index in [9.17, 15) is 9.59 Å². The molecule has 9 heteroatoms. The number of thioether (sulfide) groups is 1. The molecular weight excluding hydrogens is 430 g/mol. The van der Waals surface area contributed by atoms with Crippen LogP contribution >= 0.6 is 11.8 Å². The maximum atomic E-state index is 11.9. The fourth-order valence-corrected chi connectivity index (χ4v) is 4.54. The smallest absolute Gasteiger partial charge is 0.290 e. The van der Waals surface area contributed by atoms with Crippen molar-refractivity contribution in [2.75, 3.05) is 33.4 Å². The van der Waals surface area contributed by atoms with E-state index in [1.165, 1.54) is 0 Å². The van der Waals surface area contributed by atoms with Crippen LogP contribution in [-0.2, 0) is 16.1 Å². The van der Waals surface area contributed by atoms with Crippen LogP contribution in [0.4, 0.5) is 4.79 Å². The summed E-state index contributed by atoms with van der Waals surface area (Å²) >= 11 is 0.856. The van der Waals surface area contributed by atoms with Crippen LogP contribution in [0, 0.1) is 0 Å². The van der Waals surface area contributed by atoms with Crippen molar-refractivity contribution in [2.24, 2.45) is 0 Å². The number of pyridine rings is 1. The average Bonchev–Trinajstić information content (AvgIpc) is 3.35. The maximum absolute atomic E-state index is 11.9. The highest BCUT2D eigenvalue weighted by Crippen LogP contribution is 2.37. The van der Waals surface area contributed by atoms with Gasteiger partial charge in [-0.05, 0) is 35.5 Å². The summed E-state index contributed by atoms with van der Waals surface area (Å²) in [5.74, 6) is 0.777. The number of rotatable bonds is 5. The predicted molar refractivity (Wildman–Crippen MR) is 121 cm³/mol. The van der Waals surface area contributed by atoms with Crippen molar-refractivity contribution in [3.63, 3.8) is 0 Å². The molecule has 0 spiro atoms. The molecule has 2 aliphatic heterocycles. The molecule has 3 aromatic rings. The number of carbonyl (C=O) groups is 2. The second kappa shape index (κ2) is 8.78. The SMILES string of the molecule is COc1ccc(CN2CCOCC2)cc1-c1cncc2cc(C=C3SC(=O)NC3=O)oc12. The van der Waals surface area contributed by atoms with Gasteiger partial charge < -0.3 is 13.9 Å². The summed E-state index contributed by atoms with van der Waals surface area (Å²) < 4.78 is 17.2. The number of amides is 2. The number of nitrogens with one attached hydrogen (secondary N) is 1. The van der Waals surface area contributed by atoms with Crippen molar-refractivity contribution in [3.8, 4) is 16.9 Å². The van der Waals surface area contributed by atoms with E-state index in [0.717, 1.165) is 72.4 Å². The fourth-order valence-electron chi connectivity index (χ4n) is 3.88. The first-order valence-corrected chi connectivity index (χ1v) is 11.0. The number of fused-ring (bicyclic) bond motifs is 1. The van der Waals surface area contributed by atoms with Gasteiger partial charge >= 0.3 is 0 Å². The molecule has 1 aromatic carbocycles. The molecular formula is C23H21N3O5S. The summed E-state index contributed by atoms with van der Waals surface area (Å²) in [6.07, 6.45) is 5.03. The molecule has 0 bridgehead atoms. The van der Waals surface area contributed by atoms with E-state index < -0.39 is 5.91 Å². The van der Waals surface area contributed by atoms with Gasteiger partial charge in [0, 0.05) is 54.6 Å². The topological polar surface area (TPSA) is 93.9 Å². The first-order valence-electron chi connectivity index (χ1n) is 10.2. The Morgan fingerprint density at radius 3 is 2.78 bits per heavy atom. The zero-order valence-corrected chi connectivity index (χ0v) is 18.2. The van der Waals surface area contributed by atoms with Gasteiger partial charge in [0.25, 0.3) is 11.1 Å². The first-order chi connectivity index (χ1) is 15.6. The lowest BCUT2D eigenvalue weighted by Gasteiger charge is -2.26. The largest absolute Gasteiger partial charge is 0.496 e. The van der Waals surface area contributed by atoms with Gasteiger partial charge in [0.1, 0.15) is 17.1 Å². The predicted octanol–water partition coefficient (Wildman–Crippen LogP) is 3.66. The minimum atomic E-state index is -0.420. The summed E-state index contributed by atoms with van der Waals surface area (Å²) in [4.78, 5) is 30.3. The molecule has 4 heterocycles. The number of hydrogen-bond donors (Lipinski definition) is 1. The monoisotopic (exact) mass is 451 g/mol. The third-order valence-corrected chi connectivity index (χ3v) is 6.23. The van der Waals surface area contributed by atoms with E-state index in [4.69, 9.17) is 13.9 Å². The molecule has 1 N–H and O–H groups in total. The molecule has 2 aliphatic rings. The van der Waals surface area contributed by atoms with Gasteiger partial charge in [-0.1, -0.05) is 6.07 Å². The minimum Gasteiger partial charge on any atom is -0.496 e. The van der Waals surface area contributed by atoms with Gasteiger partial charge in [0.15, 0.2) is 0 Å². The van der Waals surface area contributed by atoms with Crippen molar-refractivity contribution in [1.82, 2.24) is 15.2 Å². The number of hydrogen-bond acceptors (Lipinski definition) is 8. The third kappa shape index (κ3) is 4.14. The lowest BCUT2D eigenvalue weighted by molar-refractivity contribution is -0.115. The molecule has 164 valence electrons. The number of ether oxygens (including phenoxy) is 2. The molecule has 2 amide bonds. The van der Waals surface area contributed by atoms with Gasteiger partial charge in [0.05, 0.1) is 25.2 Å². The van der Waals surface area contributed by atoms with Gasteiger partial charge in [0.2, 0.25) is 0 Å². The standard InChI is InChI=1S/C23H21N3O5S/c1-29-19-3-2-14(13-26-4-6-30-7-5-26)8-17(19)18-12-24-11-15-9-16(31-21(15)18)10-20-22(27)25-23(28)32-20/h2-3,8-12H,4-7,13H2,1H3,(H,25,27,28). The van der Waals surface area contributed by atoms with Crippen molar-refractivity contribution < 1.29 is 23.5 Å². The number of methoxy groups -OCH3 is 1. The van der Waals surface area contributed by atoms with Crippen LogP contribution in [-0.4, -0.2) is 54.4 Å². The van der Waals surface area contributed by atoms with Crippen molar-refractivity contribution in [3.05, 3.63) is 52.9 Å². The fraction of sp³-hybridized carbons (Fsp3) is 0.261. The molecule has 2 aromatic heterocycles. The van der Waals surface area contributed by atoms with Crippen molar-refractivity contribution in [2.45, 2.75) is 6.54 Å². The molecule has 0 atom stereocenters. The van der Waals surface area contributed by atoms with Gasteiger partial charge in [-0.3, -0.25) is 24.8 Å². The number of benzene rings is 1. The lowest BCUT2D eigenvalue weighted by atomic mass is 10.0. The lowest BCUT2D eigenvalue weighted by Crippen LogP contribution is -2.35. The second-order valence-corrected chi connectivity index (χ2v) is 8.54. The molecule has 32 heavy (non-hydrogen) atoms. The van der Waals surface area contributed by atoms with Gasteiger partial charge in [-0.2, -0.15) is 0 Å². The maximum Gasteiger partial charge on any atom is 0.290 e. The molecule has 0 unspecified atom stereocenters. The Bertz CT molecular complexity index is 1230. The summed E-state index contributed by atoms with van der Waals surface area (Å²) in [6, 6.07) is 7.93. The molecule has 0 aliphatic carbocycles. The number of aromatic nitrogens is 1. The number of nitrogens with zero attached hydrogens (tertiary/aromatic N) is 2. The number of imide groups is 1. The minimum absolute atomic E-state index is 0.300. The first kappa shape index (κ1) is 20.7. The Hall–Kier alpha value is -3.14. The summed E-state index contributed by atoms with van der Waals surface area (Å²) in [5.41, 5.74) is 3.48. The molecule has 8 nitrogen and oxygen atoms in total. The molecule has 5 rings (SSSR count). The van der Waals surface area contributed by atoms with Gasteiger partial charge in [-0.25, -0.2) is 0 Å². The van der Waals surface area contributed by atoms with Crippen molar-refractivity contribution in [1.29, 1.82) is 0 Å².